The van der Waals surface area contributed by atoms with Gasteiger partial charge in [0.1, 0.15) is 0 Å². The number of nitrogens with one attached hydrogen (secondary N) is 2. The number of piperidine rings is 1. The van der Waals surface area contributed by atoms with Gasteiger partial charge in [-0.2, -0.15) is 0 Å². The van der Waals surface area contributed by atoms with Gasteiger partial charge in [0.25, 0.3) is 5.91 Å². The Balaban J connectivity index is 0.00000220. The Morgan fingerprint density at radius 1 is 1.48 bits per heavy atom. The maximum absolute atomic E-state index is 12.2. The number of halogens is 2. The lowest BCUT2D eigenvalue weighted by Crippen LogP contribution is -2.52. The Kier molecular flexibility index (Phi) is 6.51. The van der Waals surface area contributed by atoms with E-state index >= 15 is 0 Å². The van der Waals surface area contributed by atoms with Crippen LogP contribution < -0.4 is 10.6 Å². The van der Waals surface area contributed by atoms with Crippen molar-refractivity contribution in [1.82, 2.24) is 10.6 Å². The molecule has 0 aliphatic carbocycles. The Morgan fingerprint density at radius 2 is 2.19 bits per heavy atom. The van der Waals surface area contributed by atoms with E-state index < -0.39 is 0 Å². The number of aryl methyl sites for hydroxylation is 1. The zero-order valence-electron chi connectivity index (χ0n) is 12.8. The second-order valence-electron chi connectivity index (χ2n) is 6.29. The number of amides is 1. The highest BCUT2D eigenvalue weighted by atomic mass is 35.5. The smallest absolute Gasteiger partial charge is 0.252 e. The summed E-state index contributed by atoms with van der Waals surface area (Å²) >= 11 is 6.13. The Morgan fingerprint density at radius 3 is 2.81 bits per heavy atom. The number of rotatable bonds is 3. The van der Waals surface area contributed by atoms with E-state index in [0.717, 1.165) is 12.1 Å². The quantitative estimate of drug-likeness (QED) is 0.889. The summed E-state index contributed by atoms with van der Waals surface area (Å²) in [6.45, 7) is 8.11. The van der Waals surface area contributed by atoms with Gasteiger partial charge in [0.15, 0.2) is 0 Å². The first kappa shape index (κ1) is 18.3. The topological polar surface area (TPSA) is 41.1 Å². The molecule has 1 aromatic carbocycles. The fourth-order valence-corrected chi connectivity index (χ4v) is 3.03. The van der Waals surface area contributed by atoms with Gasteiger partial charge in [-0.25, -0.2) is 0 Å². The summed E-state index contributed by atoms with van der Waals surface area (Å²) in [5.74, 6) is -0.0989. The van der Waals surface area contributed by atoms with Crippen molar-refractivity contribution < 1.29 is 4.79 Å². The molecule has 0 radical (unpaired) electrons. The second-order valence-corrected chi connectivity index (χ2v) is 6.70. The van der Waals surface area contributed by atoms with E-state index in [4.69, 9.17) is 11.6 Å². The van der Waals surface area contributed by atoms with Crippen LogP contribution in [0.25, 0.3) is 0 Å². The minimum absolute atomic E-state index is 0. The summed E-state index contributed by atoms with van der Waals surface area (Å²) in [5.41, 5.74) is 1.82. The summed E-state index contributed by atoms with van der Waals surface area (Å²) in [7, 11) is 0. The van der Waals surface area contributed by atoms with Gasteiger partial charge in [-0.1, -0.05) is 31.5 Å². The third-order valence-corrected chi connectivity index (χ3v) is 4.48. The standard InChI is InChI=1S/C16H23ClN2O.ClH/c1-11-5-6-12(13(17)9-11)15(20)19-10-14-16(2,3)7-4-8-18-14;/h5-6,9,14,18H,4,7-8,10H2,1-3H3,(H,19,20);1H. The van der Waals surface area contributed by atoms with Crippen LogP contribution >= 0.6 is 24.0 Å². The molecule has 1 amide bonds. The Hall–Kier alpha value is -0.770. The van der Waals surface area contributed by atoms with E-state index in [2.05, 4.69) is 24.5 Å². The average molecular weight is 331 g/mol. The first-order valence-corrected chi connectivity index (χ1v) is 7.56. The van der Waals surface area contributed by atoms with Crippen molar-refractivity contribution in [2.24, 2.45) is 5.41 Å². The zero-order valence-corrected chi connectivity index (χ0v) is 14.4. The fourth-order valence-electron chi connectivity index (χ4n) is 2.71. The SMILES string of the molecule is Cc1ccc(C(=O)NCC2NCCCC2(C)C)c(Cl)c1.Cl. The van der Waals surface area contributed by atoms with Crippen LogP contribution in [-0.4, -0.2) is 25.0 Å². The molecule has 118 valence electrons. The van der Waals surface area contributed by atoms with Gasteiger partial charge in [0, 0.05) is 12.6 Å². The largest absolute Gasteiger partial charge is 0.350 e. The Bertz CT molecular complexity index is 503. The summed E-state index contributed by atoms with van der Waals surface area (Å²) < 4.78 is 0. The van der Waals surface area contributed by atoms with Gasteiger partial charge in [-0.15, -0.1) is 12.4 Å². The Labute approximate surface area is 138 Å². The fraction of sp³-hybridized carbons (Fsp3) is 0.562. The molecule has 0 spiro atoms. The summed E-state index contributed by atoms with van der Waals surface area (Å²) in [5, 5.41) is 7.00. The molecule has 21 heavy (non-hydrogen) atoms. The highest BCUT2D eigenvalue weighted by molar-refractivity contribution is 6.33. The molecular formula is C16H24Cl2N2O. The number of hydrogen-bond acceptors (Lipinski definition) is 2. The van der Waals surface area contributed by atoms with Crippen molar-refractivity contribution in [3.63, 3.8) is 0 Å². The molecule has 1 unspecified atom stereocenters. The molecule has 0 aromatic heterocycles. The number of carbonyl (C=O) groups excluding carboxylic acids is 1. The van der Waals surface area contributed by atoms with E-state index in [9.17, 15) is 4.79 Å². The molecule has 1 heterocycles. The summed E-state index contributed by atoms with van der Waals surface area (Å²) in [6.07, 6.45) is 2.38. The minimum Gasteiger partial charge on any atom is -0.350 e. The first-order chi connectivity index (χ1) is 9.40. The predicted octanol–water partition coefficient (Wildman–Crippen LogP) is 3.58. The van der Waals surface area contributed by atoms with E-state index in [0.29, 0.717) is 23.2 Å². The van der Waals surface area contributed by atoms with Crippen molar-refractivity contribution in [1.29, 1.82) is 0 Å². The molecule has 2 rings (SSSR count). The van der Waals surface area contributed by atoms with Crippen LogP contribution in [0.15, 0.2) is 18.2 Å². The van der Waals surface area contributed by atoms with Crippen molar-refractivity contribution >= 4 is 29.9 Å². The van der Waals surface area contributed by atoms with Crippen LogP contribution in [-0.2, 0) is 0 Å². The number of benzene rings is 1. The van der Waals surface area contributed by atoms with E-state index in [1.807, 2.05) is 19.1 Å². The average Bonchev–Trinajstić information content (AvgIpc) is 2.36. The monoisotopic (exact) mass is 330 g/mol. The molecule has 3 nitrogen and oxygen atoms in total. The van der Waals surface area contributed by atoms with Gasteiger partial charge < -0.3 is 10.6 Å². The first-order valence-electron chi connectivity index (χ1n) is 7.18. The molecular weight excluding hydrogens is 307 g/mol. The van der Waals surface area contributed by atoms with Gasteiger partial charge >= 0.3 is 0 Å². The molecule has 0 saturated carbocycles. The minimum atomic E-state index is -0.0989. The highest BCUT2D eigenvalue weighted by Crippen LogP contribution is 2.29. The number of carbonyl (C=O) groups is 1. The molecule has 1 aliphatic rings. The van der Waals surface area contributed by atoms with Crippen molar-refractivity contribution in [2.75, 3.05) is 13.1 Å². The van der Waals surface area contributed by atoms with Crippen LogP contribution in [0.3, 0.4) is 0 Å². The van der Waals surface area contributed by atoms with Gasteiger partial charge in [-0.3, -0.25) is 4.79 Å². The molecule has 1 aromatic rings. The van der Waals surface area contributed by atoms with Gasteiger partial charge in [-0.05, 0) is 49.4 Å². The van der Waals surface area contributed by atoms with Crippen LogP contribution in [0.2, 0.25) is 5.02 Å². The predicted molar refractivity (Wildman–Crippen MR) is 90.6 cm³/mol. The van der Waals surface area contributed by atoms with Crippen molar-refractivity contribution in [2.45, 2.75) is 39.7 Å². The third kappa shape index (κ3) is 4.60. The molecule has 1 fully saturated rings. The zero-order chi connectivity index (χ0) is 14.8. The van der Waals surface area contributed by atoms with Crippen molar-refractivity contribution in [3.05, 3.63) is 34.3 Å². The lowest BCUT2D eigenvalue weighted by molar-refractivity contribution is 0.0929. The second kappa shape index (κ2) is 7.48. The third-order valence-electron chi connectivity index (χ3n) is 4.17. The molecule has 2 N–H and O–H groups in total. The van der Waals surface area contributed by atoms with E-state index in [-0.39, 0.29) is 23.7 Å². The molecule has 1 atom stereocenters. The molecule has 1 saturated heterocycles. The lowest BCUT2D eigenvalue weighted by Gasteiger charge is -2.39. The van der Waals surface area contributed by atoms with Crippen LogP contribution in [0, 0.1) is 12.3 Å². The van der Waals surface area contributed by atoms with E-state index in [1.54, 1.807) is 6.07 Å². The molecule has 5 heteroatoms. The maximum Gasteiger partial charge on any atom is 0.252 e. The normalized spacial score (nSPS) is 20.5. The molecule has 0 bridgehead atoms. The maximum atomic E-state index is 12.2. The van der Waals surface area contributed by atoms with Crippen LogP contribution in [0.1, 0.15) is 42.6 Å². The lowest BCUT2D eigenvalue weighted by atomic mass is 9.77. The summed E-state index contributed by atoms with van der Waals surface area (Å²) in [4.78, 5) is 12.2. The van der Waals surface area contributed by atoms with E-state index in [1.165, 1.54) is 12.8 Å². The summed E-state index contributed by atoms with van der Waals surface area (Å²) in [6, 6.07) is 5.82. The van der Waals surface area contributed by atoms with Gasteiger partial charge in [0.2, 0.25) is 0 Å². The molecule has 1 aliphatic heterocycles. The van der Waals surface area contributed by atoms with Crippen LogP contribution in [0.4, 0.5) is 0 Å². The van der Waals surface area contributed by atoms with Gasteiger partial charge in [0.05, 0.1) is 10.6 Å². The number of hydrogen-bond donors (Lipinski definition) is 2. The van der Waals surface area contributed by atoms with Crippen LogP contribution in [0.5, 0.6) is 0 Å². The van der Waals surface area contributed by atoms with Crippen molar-refractivity contribution in [3.8, 4) is 0 Å². The highest BCUT2D eigenvalue weighted by Gasteiger charge is 2.32.